The predicted octanol–water partition coefficient (Wildman–Crippen LogP) is 3.08. The minimum atomic E-state index is -0.445. The lowest BCUT2D eigenvalue weighted by Gasteiger charge is -2.43. The summed E-state index contributed by atoms with van der Waals surface area (Å²) < 4.78 is 0. The molecule has 5 atom stereocenters. The molecule has 3 N–H and O–H groups in total. The number of aliphatic hydroxyl groups is 1. The van der Waals surface area contributed by atoms with Gasteiger partial charge in [0.25, 0.3) is 0 Å². The van der Waals surface area contributed by atoms with E-state index in [1.165, 1.54) is 57.9 Å². The molecule has 0 aromatic rings. The molecule has 22 heavy (non-hydrogen) atoms. The highest BCUT2D eigenvalue weighted by Gasteiger charge is 2.38. The number of piperidine rings is 2. The fourth-order valence-corrected chi connectivity index (χ4v) is 5.45. The van der Waals surface area contributed by atoms with Crippen molar-refractivity contribution in [2.24, 2.45) is 17.8 Å². The van der Waals surface area contributed by atoms with Crippen molar-refractivity contribution in [3.63, 3.8) is 0 Å². The molecule has 2 saturated heterocycles. The number of hydrogen-bond acceptors (Lipinski definition) is 3. The van der Waals surface area contributed by atoms with Gasteiger partial charge in [0.1, 0.15) is 0 Å². The molecule has 3 aliphatic rings. The van der Waals surface area contributed by atoms with Gasteiger partial charge in [-0.3, -0.25) is 0 Å². The van der Waals surface area contributed by atoms with E-state index in [1.54, 1.807) is 0 Å². The van der Waals surface area contributed by atoms with E-state index < -0.39 is 5.60 Å². The topological polar surface area (TPSA) is 44.3 Å². The van der Waals surface area contributed by atoms with Gasteiger partial charge in [-0.15, -0.1) is 0 Å². The van der Waals surface area contributed by atoms with Gasteiger partial charge >= 0.3 is 0 Å². The molecule has 3 heteroatoms. The number of nitrogens with one attached hydrogen (secondary N) is 2. The molecule has 128 valence electrons. The van der Waals surface area contributed by atoms with Crippen LogP contribution in [-0.2, 0) is 0 Å². The van der Waals surface area contributed by atoms with Crippen molar-refractivity contribution >= 4 is 0 Å². The van der Waals surface area contributed by atoms with E-state index in [2.05, 4.69) is 17.6 Å². The Bertz CT molecular complexity index is 346. The summed E-state index contributed by atoms with van der Waals surface area (Å²) in [5, 5.41) is 17.9. The largest absolute Gasteiger partial charge is 0.388 e. The van der Waals surface area contributed by atoms with Crippen molar-refractivity contribution in [3.05, 3.63) is 0 Å². The molecule has 3 fully saturated rings. The van der Waals surface area contributed by atoms with Crippen LogP contribution < -0.4 is 10.6 Å². The van der Waals surface area contributed by atoms with Crippen molar-refractivity contribution in [2.45, 2.75) is 82.8 Å². The maximum absolute atomic E-state index is 10.8. The van der Waals surface area contributed by atoms with E-state index >= 15 is 0 Å². The lowest BCUT2D eigenvalue weighted by molar-refractivity contribution is -0.0439. The normalized spacial score (nSPS) is 42.8. The SMILES string of the molecule is CCC1(O)CNCCC1CCCC1CCNC2CCCCC12. The standard InChI is InChI=1S/C19H36N2O/c1-2-19(22)14-20-12-11-16(19)7-5-6-15-10-13-21-18-9-4-3-8-17(15)18/h15-18,20-22H,2-14H2,1H3. The molecular weight excluding hydrogens is 272 g/mol. The van der Waals surface area contributed by atoms with Gasteiger partial charge in [-0.1, -0.05) is 32.6 Å². The van der Waals surface area contributed by atoms with Crippen LogP contribution in [0.2, 0.25) is 0 Å². The number of hydrogen-bond donors (Lipinski definition) is 3. The Morgan fingerprint density at radius 2 is 1.91 bits per heavy atom. The van der Waals surface area contributed by atoms with E-state index in [4.69, 9.17) is 0 Å². The van der Waals surface area contributed by atoms with Crippen molar-refractivity contribution in [2.75, 3.05) is 19.6 Å². The van der Waals surface area contributed by atoms with E-state index in [1.807, 2.05) is 0 Å². The van der Waals surface area contributed by atoms with Crippen molar-refractivity contribution in [1.82, 2.24) is 10.6 Å². The molecule has 0 bridgehead atoms. The van der Waals surface area contributed by atoms with Crippen molar-refractivity contribution in [3.8, 4) is 0 Å². The van der Waals surface area contributed by atoms with Crippen LogP contribution >= 0.6 is 0 Å². The Hall–Kier alpha value is -0.120. The average Bonchev–Trinajstić information content (AvgIpc) is 2.57. The Kier molecular flexibility index (Phi) is 5.80. The molecule has 0 radical (unpaired) electrons. The second-order valence-electron chi connectivity index (χ2n) is 8.11. The highest BCUT2D eigenvalue weighted by atomic mass is 16.3. The molecule has 2 aliphatic heterocycles. The quantitative estimate of drug-likeness (QED) is 0.731. The van der Waals surface area contributed by atoms with Crippen molar-refractivity contribution in [1.29, 1.82) is 0 Å². The van der Waals surface area contributed by atoms with Gasteiger partial charge in [0.05, 0.1) is 5.60 Å². The lowest BCUT2D eigenvalue weighted by atomic mass is 9.70. The fourth-order valence-electron chi connectivity index (χ4n) is 5.45. The van der Waals surface area contributed by atoms with Gasteiger partial charge in [-0.05, 0) is 69.4 Å². The van der Waals surface area contributed by atoms with Crippen LogP contribution in [0, 0.1) is 17.8 Å². The van der Waals surface area contributed by atoms with Crippen LogP contribution in [0.4, 0.5) is 0 Å². The van der Waals surface area contributed by atoms with Gasteiger partial charge < -0.3 is 15.7 Å². The minimum absolute atomic E-state index is 0.445. The molecule has 3 rings (SSSR count). The van der Waals surface area contributed by atoms with Crippen LogP contribution in [0.15, 0.2) is 0 Å². The summed E-state index contributed by atoms with van der Waals surface area (Å²) >= 11 is 0. The van der Waals surface area contributed by atoms with Crippen LogP contribution in [-0.4, -0.2) is 36.4 Å². The van der Waals surface area contributed by atoms with Crippen LogP contribution in [0.5, 0.6) is 0 Å². The minimum Gasteiger partial charge on any atom is -0.388 e. The first-order chi connectivity index (χ1) is 10.7. The zero-order valence-corrected chi connectivity index (χ0v) is 14.4. The van der Waals surface area contributed by atoms with Gasteiger partial charge in [0.15, 0.2) is 0 Å². The van der Waals surface area contributed by atoms with E-state index in [0.717, 1.165) is 43.8 Å². The number of rotatable bonds is 5. The molecule has 0 amide bonds. The smallest absolute Gasteiger partial charge is 0.0797 e. The van der Waals surface area contributed by atoms with Gasteiger partial charge in [0.2, 0.25) is 0 Å². The van der Waals surface area contributed by atoms with Gasteiger partial charge in [-0.2, -0.15) is 0 Å². The molecule has 3 nitrogen and oxygen atoms in total. The highest BCUT2D eigenvalue weighted by Crippen LogP contribution is 2.38. The summed E-state index contributed by atoms with van der Waals surface area (Å²) in [5.41, 5.74) is -0.445. The Balaban J connectivity index is 1.47. The predicted molar refractivity (Wildman–Crippen MR) is 91.9 cm³/mol. The highest BCUT2D eigenvalue weighted by molar-refractivity contribution is 4.93. The summed E-state index contributed by atoms with van der Waals surface area (Å²) in [7, 11) is 0. The third kappa shape index (κ3) is 3.68. The summed E-state index contributed by atoms with van der Waals surface area (Å²) in [4.78, 5) is 0. The molecule has 0 aromatic carbocycles. The zero-order chi connectivity index (χ0) is 15.4. The Morgan fingerprint density at radius 1 is 1.05 bits per heavy atom. The Labute approximate surface area is 136 Å². The molecule has 1 aliphatic carbocycles. The molecule has 0 spiro atoms. The van der Waals surface area contributed by atoms with Crippen LogP contribution in [0.25, 0.3) is 0 Å². The first-order valence-corrected chi connectivity index (χ1v) is 9.89. The van der Waals surface area contributed by atoms with E-state index in [9.17, 15) is 5.11 Å². The van der Waals surface area contributed by atoms with E-state index in [-0.39, 0.29) is 0 Å². The molecule has 2 heterocycles. The zero-order valence-electron chi connectivity index (χ0n) is 14.4. The van der Waals surface area contributed by atoms with Crippen LogP contribution in [0.3, 0.4) is 0 Å². The van der Waals surface area contributed by atoms with E-state index in [0.29, 0.717) is 5.92 Å². The first-order valence-electron chi connectivity index (χ1n) is 9.89. The monoisotopic (exact) mass is 308 g/mol. The average molecular weight is 309 g/mol. The molecular formula is C19H36N2O. The van der Waals surface area contributed by atoms with Gasteiger partial charge in [0, 0.05) is 12.6 Å². The van der Waals surface area contributed by atoms with Gasteiger partial charge in [-0.25, -0.2) is 0 Å². The molecule has 0 aromatic heterocycles. The first kappa shape index (κ1) is 16.7. The molecule has 5 unspecified atom stereocenters. The summed E-state index contributed by atoms with van der Waals surface area (Å²) in [5.74, 6) is 2.41. The third-order valence-electron chi connectivity index (χ3n) is 6.95. The maximum atomic E-state index is 10.8. The second-order valence-corrected chi connectivity index (χ2v) is 8.11. The number of β-amino-alcohol motifs (C(OH)–C–C–N with tert-alkyl or cyclic N) is 1. The second kappa shape index (κ2) is 7.63. The Morgan fingerprint density at radius 3 is 2.77 bits per heavy atom. The fraction of sp³-hybridized carbons (Fsp3) is 1.00. The third-order valence-corrected chi connectivity index (χ3v) is 6.95. The maximum Gasteiger partial charge on any atom is 0.0797 e. The number of fused-ring (bicyclic) bond motifs is 1. The molecule has 1 saturated carbocycles. The summed E-state index contributed by atoms with van der Waals surface area (Å²) in [6, 6.07) is 0.818. The summed E-state index contributed by atoms with van der Waals surface area (Å²) in [6.45, 7) is 5.26. The van der Waals surface area contributed by atoms with Crippen molar-refractivity contribution < 1.29 is 5.11 Å². The van der Waals surface area contributed by atoms with Crippen LogP contribution in [0.1, 0.15) is 71.1 Å². The lowest BCUT2D eigenvalue weighted by Crippen LogP contribution is -2.51. The summed E-state index contributed by atoms with van der Waals surface area (Å²) in [6.07, 6.45) is 13.1.